The number of rotatable bonds is 7. The van der Waals surface area contributed by atoms with E-state index in [2.05, 4.69) is 70.8 Å². The van der Waals surface area contributed by atoms with Crippen LogP contribution < -0.4 is 5.32 Å². The molecule has 0 aliphatic carbocycles. The van der Waals surface area contributed by atoms with Gasteiger partial charge in [-0.25, -0.2) is 0 Å². The van der Waals surface area contributed by atoms with Crippen molar-refractivity contribution < 1.29 is 0 Å². The van der Waals surface area contributed by atoms with Crippen LogP contribution in [0, 0.1) is 20.8 Å². The Morgan fingerprint density at radius 3 is 2.16 bits per heavy atom. The second kappa shape index (κ2) is 7.96. The fourth-order valence-corrected chi connectivity index (χ4v) is 3.42. The Morgan fingerprint density at radius 1 is 1.11 bits per heavy atom. The third-order valence-corrected chi connectivity index (χ3v) is 4.68. The Kier molecular flexibility index (Phi) is 6.95. The van der Waals surface area contributed by atoms with Crippen molar-refractivity contribution in [2.24, 2.45) is 0 Å². The molecule has 1 aromatic carbocycles. The SMILES string of the molecule is CCNC(CSC(C)C)Cc1c(C)cc(C)cc1C. The van der Waals surface area contributed by atoms with Crippen LogP contribution in [0.3, 0.4) is 0 Å². The van der Waals surface area contributed by atoms with Gasteiger partial charge in [-0.2, -0.15) is 11.8 Å². The maximum atomic E-state index is 3.63. The maximum Gasteiger partial charge on any atom is 0.0198 e. The molecule has 0 heterocycles. The average molecular weight is 279 g/mol. The lowest BCUT2D eigenvalue weighted by Crippen LogP contribution is -2.34. The van der Waals surface area contributed by atoms with Gasteiger partial charge in [0.2, 0.25) is 0 Å². The number of benzene rings is 1. The normalized spacial score (nSPS) is 13.0. The Hall–Kier alpha value is -0.470. The second-order valence-electron chi connectivity index (χ2n) is 5.72. The van der Waals surface area contributed by atoms with Crippen LogP contribution in [0.15, 0.2) is 12.1 Å². The average Bonchev–Trinajstić information content (AvgIpc) is 2.30. The molecule has 19 heavy (non-hydrogen) atoms. The summed E-state index contributed by atoms with van der Waals surface area (Å²) < 4.78 is 0. The van der Waals surface area contributed by atoms with Crippen LogP contribution in [0.2, 0.25) is 0 Å². The van der Waals surface area contributed by atoms with Gasteiger partial charge in [-0.1, -0.05) is 38.5 Å². The molecule has 1 rings (SSSR count). The van der Waals surface area contributed by atoms with Crippen molar-refractivity contribution in [3.8, 4) is 0 Å². The number of likely N-dealkylation sites (N-methyl/N-ethyl adjacent to an activating group) is 1. The van der Waals surface area contributed by atoms with Crippen molar-refractivity contribution in [3.05, 3.63) is 34.4 Å². The summed E-state index contributed by atoms with van der Waals surface area (Å²) in [7, 11) is 0. The van der Waals surface area contributed by atoms with Crippen LogP contribution >= 0.6 is 11.8 Å². The lowest BCUT2D eigenvalue weighted by molar-refractivity contribution is 0.570. The van der Waals surface area contributed by atoms with E-state index in [1.54, 1.807) is 0 Å². The van der Waals surface area contributed by atoms with Crippen LogP contribution in [0.1, 0.15) is 43.0 Å². The number of thioether (sulfide) groups is 1. The molecule has 0 bridgehead atoms. The molecule has 0 fully saturated rings. The van der Waals surface area contributed by atoms with E-state index in [4.69, 9.17) is 0 Å². The van der Waals surface area contributed by atoms with E-state index in [1.807, 2.05) is 0 Å². The van der Waals surface area contributed by atoms with Gasteiger partial charge in [0, 0.05) is 11.8 Å². The van der Waals surface area contributed by atoms with E-state index in [0.29, 0.717) is 11.3 Å². The smallest absolute Gasteiger partial charge is 0.0198 e. The highest BCUT2D eigenvalue weighted by Gasteiger charge is 2.13. The van der Waals surface area contributed by atoms with Gasteiger partial charge >= 0.3 is 0 Å². The van der Waals surface area contributed by atoms with Gasteiger partial charge in [-0.3, -0.25) is 0 Å². The van der Waals surface area contributed by atoms with E-state index in [1.165, 1.54) is 28.0 Å². The summed E-state index contributed by atoms with van der Waals surface area (Å²) in [5.74, 6) is 1.19. The highest BCUT2D eigenvalue weighted by molar-refractivity contribution is 7.99. The van der Waals surface area contributed by atoms with E-state index in [-0.39, 0.29) is 0 Å². The van der Waals surface area contributed by atoms with E-state index in [0.717, 1.165) is 13.0 Å². The summed E-state index contributed by atoms with van der Waals surface area (Å²) >= 11 is 2.05. The molecule has 0 aromatic heterocycles. The van der Waals surface area contributed by atoms with Gasteiger partial charge in [0.1, 0.15) is 0 Å². The van der Waals surface area contributed by atoms with Crippen LogP contribution in [-0.2, 0) is 6.42 Å². The lowest BCUT2D eigenvalue weighted by atomic mass is 9.95. The molecule has 0 amide bonds. The number of hydrogen-bond donors (Lipinski definition) is 1. The zero-order chi connectivity index (χ0) is 14.4. The minimum atomic E-state index is 0.581. The molecule has 0 aliphatic heterocycles. The lowest BCUT2D eigenvalue weighted by Gasteiger charge is -2.21. The highest BCUT2D eigenvalue weighted by Crippen LogP contribution is 2.20. The van der Waals surface area contributed by atoms with Crippen molar-refractivity contribution in [2.45, 2.75) is 59.3 Å². The first-order valence-electron chi connectivity index (χ1n) is 7.35. The molecule has 0 aliphatic rings. The van der Waals surface area contributed by atoms with Crippen molar-refractivity contribution in [2.75, 3.05) is 12.3 Å². The Morgan fingerprint density at radius 2 is 1.68 bits per heavy atom. The van der Waals surface area contributed by atoms with Crippen LogP contribution in [-0.4, -0.2) is 23.6 Å². The van der Waals surface area contributed by atoms with Gasteiger partial charge in [0.25, 0.3) is 0 Å². The van der Waals surface area contributed by atoms with E-state index >= 15 is 0 Å². The Labute approximate surface area is 123 Å². The van der Waals surface area contributed by atoms with Gasteiger partial charge in [-0.05, 0) is 55.7 Å². The first-order valence-corrected chi connectivity index (χ1v) is 8.40. The zero-order valence-electron chi connectivity index (χ0n) is 13.3. The van der Waals surface area contributed by atoms with Gasteiger partial charge in [-0.15, -0.1) is 0 Å². The molecule has 1 nitrogen and oxygen atoms in total. The fraction of sp³-hybridized carbons (Fsp3) is 0.647. The molecule has 1 aromatic rings. The first-order chi connectivity index (χ1) is 8.93. The predicted molar refractivity (Wildman–Crippen MR) is 89.4 cm³/mol. The zero-order valence-corrected chi connectivity index (χ0v) is 14.2. The molecule has 0 radical (unpaired) electrons. The third kappa shape index (κ3) is 5.58. The number of nitrogens with one attached hydrogen (secondary N) is 1. The van der Waals surface area contributed by atoms with Gasteiger partial charge < -0.3 is 5.32 Å². The Balaban J connectivity index is 2.78. The van der Waals surface area contributed by atoms with E-state index < -0.39 is 0 Å². The number of hydrogen-bond acceptors (Lipinski definition) is 2. The molecule has 108 valence electrons. The van der Waals surface area contributed by atoms with Crippen molar-refractivity contribution in [1.29, 1.82) is 0 Å². The largest absolute Gasteiger partial charge is 0.313 e. The molecule has 0 spiro atoms. The predicted octanol–water partition coefficient (Wildman–Crippen LogP) is 4.27. The summed E-state index contributed by atoms with van der Waals surface area (Å²) in [5, 5.41) is 4.34. The molecule has 0 saturated carbocycles. The van der Waals surface area contributed by atoms with E-state index in [9.17, 15) is 0 Å². The molecule has 1 N–H and O–H groups in total. The van der Waals surface area contributed by atoms with Gasteiger partial charge in [0.05, 0.1) is 0 Å². The molecule has 2 heteroatoms. The minimum absolute atomic E-state index is 0.581. The van der Waals surface area contributed by atoms with Gasteiger partial charge in [0.15, 0.2) is 0 Å². The van der Waals surface area contributed by atoms with Crippen molar-refractivity contribution >= 4 is 11.8 Å². The molecule has 1 unspecified atom stereocenters. The molecular formula is C17H29NS. The summed E-state index contributed by atoms with van der Waals surface area (Å²) in [6, 6.07) is 5.19. The standard InChI is InChI=1S/C17H29NS/c1-7-18-16(11-19-12(2)3)10-17-14(5)8-13(4)9-15(17)6/h8-9,12,16,18H,7,10-11H2,1-6H3. The first kappa shape index (κ1) is 16.6. The van der Waals surface area contributed by atoms with Crippen molar-refractivity contribution in [1.82, 2.24) is 5.32 Å². The third-order valence-electron chi connectivity index (χ3n) is 3.41. The summed E-state index contributed by atoms with van der Waals surface area (Å²) in [6.45, 7) is 14.5. The fourth-order valence-electron chi connectivity index (χ4n) is 2.57. The molecular weight excluding hydrogens is 250 g/mol. The molecule has 1 atom stereocenters. The van der Waals surface area contributed by atoms with Crippen LogP contribution in [0.4, 0.5) is 0 Å². The van der Waals surface area contributed by atoms with Crippen LogP contribution in [0.5, 0.6) is 0 Å². The highest BCUT2D eigenvalue weighted by atomic mass is 32.2. The quantitative estimate of drug-likeness (QED) is 0.800. The van der Waals surface area contributed by atoms with Crippen molar-refractivity contribution in [3.63, 3.8) is 0 Å². The second-order valence-corrected chi connectivity index (χ2v) is 7.33. The minimum Gasteiger partial charge on any atom is -0.313 e. The topological polar surface area (TPSA) is 12.0 Å². The summed E-state index contributed by atoms with van der Waals surface area (Å²) in [4.78, 5) is 0. The van der Waals surface area contributed by atoms with Crippen LogP contribution in [0.25, 0.3) is 0 Å². The monoisotopic (exact) mass is 279 g/mol. The summed E-state index contributed by atoms with van der Waals surface area (Å²) in [6.07, 6.45) is 1.14. The number of aryl methyl sites for hydroxylation is 3. The summed E-state index contributed by atoms with van der Waals surface area (Å²) in [5.41, 5.74) is 5.78. The Bertz CT molecular complexity index is 375. The maximum absolute atomic E-state index is 3.63. The molecule has 0 saturated heterocycles.